The minimum Gasteiger partial charge on any atom is -0.493 e. The molecule has 2 heterocycles. The van der Waals surface area contributed by atoms with Crippen LogP contribution in [0.5, 0.6) is 11.5 Å². The SMILES string of the molecule is COc1cccc(C=CC(=O)NCc2cccnc2-n2cncn2)c1OC. The van der Waals surface area contributed by atoms with E-state index in [0.717, 1.165) is 11.1 Å². The van der Waals surface area contributed by atoms with Crippen LogP contribution in [0.15, 0.2) is 55.3 Å². The lowest BCUT2D eigenvalue weighted by Crippen LogP contribution is -2.21. The highest BCUT2D eigenvalue weighted by molar-refractivity contribution is 5.92. The van der Waals surface area contributed by atoms with Crippen molar-refractivity contribution in [3.05, 3.63) is 66.4 Å². The Balaban J connectivity index is 1.69. The Morgan fingerprint density at radius 2 is 2.11 bits per heavy atom. The molecular formula is C19H19N5O3. The number of benzene rings is 1. The van der Waals surface area contributed by atoms with E-state index >= 15 is 0 Å². The van der Waals surface area contributed by atoms with Crippen LogP contribution in [0.1, 0.15) is 11.1 Å². The van der Waals surface area contributed by atoms with Crippen molar-refractivity contribution in [3.63, 3.8) is 0 Å². The molecule has 8 heteroatoms. The molecule has 8 nitrogen and oxygen atoms in total. The van der Waals surface area contributed by atoms with Crippen molar-refractivity contribution < 1.29 is 14.3 Å². The zero-order valence-electron chi connectivity index (χ0n) is 15.0. The van der Waals surface area contributed by atoms with Crippen LogP contribution >= 0.6 is 0 Å². The molecule has 0 aliphatic rings. The maximum absolute atomic E-state index is 12.2. The first-order valence-corrected chi connectivity index (χ1v) is 8.18. The molecule has 1 aromatic carbocycles. The Labute approximate surface area is 156 Å². The van der Waals surface area contributed by atoms with Crippen molar-refractivity contribution >= 4 is 12.0 Å². The molecule has 2 aromatic heterocycles. The average molecular weight is 365 g/mol. The van der Waals surface area contributed by atoms with E-state index in [1.807, 2.05) is 18.2 Å². The zero-order valence-corrected chi connectivity index (χ0v) is 15.0. The quantitative estimate of drug-likeness (QED) is 0.644. The highest BCUT2D eigenvalue weighted by Gasteiger charge is 2.09. The summed E-state index contributed by atoms with van der Waals surface area (Å²) in [6.45, 7) is 0.307. The number of nitrogens with one attached hydrogen (secondary N) is 1. The number of hydrogen-bond acceptors (Lipinski definition) is 6. The molecule has 1 N–H and O–H groups in total. The monoisotopic (exact) mass is 365 g/mol. The van der Waals surface area contributed by atoms with Crippen LogP contribution in [0, 0.1) is 0 Å². The lowest BCUT2D eigenvalue weighted by Gasteiger charge is -2.10. The van der Waals surface area contributed by atoms with E-state index in [0.29, 0.717) is 23.9 Å². The van der Waals surface area contributed by atoms with Gasteiger partial charge in [-0.3, -0.25) is 4.79 Å². The largest absolute Gasteiger partial charge is 0.493 e. The van der Waals surface area contributed by atoms with Crippen molar-refractivity contribution in [1.82, 2.24) is 25.1 Å². The molecule has 138 valence electrons. The summed E-state index contributed by atoms with van der Waals surface area (Å²) in [4.78, 5) is 20.4. The number of hydrogen-bond donors (Lipinski definition) is 1. The normalized spacial score (nSPS) is 10.7. The first-order chi connectivity index (χ1) is 13.2. The second-order valence-electron chi connectivity index (χ2n) is 5.46. The van der Waals surface area contributed by atoms with Gasteiger partial charge in [0.05, 0.1) is 14.2 Å². The fourth-order valence-electron chi connectivity index (χ4n) is 2.54. The van der Waals surface area contributed by atoms with Crippen LogP contribution < -0.4 is 14.8 Å². The molecule has 1 amide bonds. The fourth-order valence-corrected chi connectivity index (χ4v) is 2.54. The topological polar surface area (TPSA) is 91.2 Å². The molecule has 0 bridgehead atoms. The summed E-state index contributed by atoms with van der Waals surface area (Å²) in [5, 5.41) is 6.91. The van der Waals surface area contributed by atoms with Crippen LogP contribution in [0.4, 0.5) is 0 Å². The van der Waals surface area contributed by atoms with Gasteiger partial charge >= 0.3 is 0 Å². The molecular weight excluding hydrogens is 346 g/mol. The Bertz CT molecular complexity index is 938. The van der Waals surface area contributed by atoms with Gasteiger partial charge in [-0.1, -0.05) is 18.2 Å². The predicted molar refractivity (Wildman–Crippen MR) is 99.6 cm³/mol. The lowest BCUT2D eigenvalue weighted by molar-refractivity contribution is -0.116. The van der Waals surface area contributed by atoms with E-state index in [4.69, 9.17) is 9.47 Å². The van der Waals surface area contributed by atoms with Gasteiger partial charge in [-0.2, -0.15) is 5.10 Å². The Morgan fingerprint density at radius 3 is 2.85 bits per heavy atom. The maximum atomic E-state index is 12.2. The summed E-state index contributed by atoms with van der Waals surface area (Å²) >= 11 is 0. The summed E-state index contributed by atoms with van der Waals surface area (Å²) < 4.78 is 12.2. The third-order valence-corrected chi connectivity index (χ3v) is 3.80. The third-order valence-electron chi connectivity index (χ3n) is 3.80. The molecule has 0 aliphatic heterocycles. The van der Waals surface area contributed by atoms with Gasteiger partial charge in [0, 0.05) is 29.9 Å². The third kappa shape index (κ3) is 4.30. The van der Waals surface area contributed by atoms with Crippen LogP contribution in [-0.4, -0.2) is 39.9 Å². The molecule has 0 spiro atoms. The number of amides is 1. The lowest BCUT2D eigenvalue weighted by atomic mass is 10.1. The minimum absolute atomic E-state index is 0.242. The first kappa shape index (κ1) is 18.1. The number of aromatic nitrogens is 4. The number of nitrogens with zero attached hydrogens (tertiary/aromatic N) is 4. The smallest absolute Gasteiger partial charge is 0.244 e. The molecule has 0 radical (unpaired) electrons. The fraction of sp³-hybridized carbons (Fsp3) is 0.158. The molecule has 27 heavy (non-hydrogen) atoms. The van der Waals surface area contributed by atoms with E-state index in [1.165, 1.54) is 12.4 Å². The van der Waals surface area contributed by atoms with Crippen molar-refractivity contribution in [2.45, 2.75) is 6.54 Å². The number of ether oxygens (including phenoxy) is 2. The van der Waals surface area contributed by atoms with E-state index in [-0.39, 0.29) is 5.91 Å². The van der Waals surface area contributed by atoms with Gasteiger partial charge in [-0.05, 0) is 18.2 Å². The number of carbonyl (C=O) groups excluding carboxylic acids is 1. The number of pyridine rings is 1. The highest BCUT2D eigenvalue weighted by Crippen LogP contribution is 2.31. The summed E-state index contributed by atoms with van der Waals surface area (Å²) in [5.74, 6) is 1.56. The molecule has 0 unspecified atom stereocenters. The standard InChI is InChI=1S/C19H19N5O3/c1-26-16-7-3-5-14(18(16)27-2)8-9-17(25)22-11-15-6-4-10-21-19(15)24-13-20-12-23-24/h3-10,12-13H,11H2,1-2H3,(H,22,25). The number of carbonyl (C=O) groups is 1. The van der Waals surface area contributed by atoms with E-state index in [2.05, 4.69) is 20.4 Å². The summed E-state index contributed by atoms with van der Waals surface area (Å²) in [6.07, 6.45) is 7.78. The molecule has 0 atom stereocenters. The summed E-state index contributed by atoms with van der Waals surface area (Å²) in [5.41, 5.74) is 1.57. The van der Waals surface area contributed by atoms with Crippen molar-refractivity contribution in [3.8, 4) is 17.3 Å². The molecule has 3 rings (SSSR count). The predicted octanol–water partition coefficient (Wildman–Crippen LogP) is 2.01. The van der Waals surface area contributed by atoms with Gasteiger partial charge < -0.3 is 14.8 Å². The van der Waals surface area contributed by atoms with Crippen molar-refractivity contribution in [2.75, 3.05) is 14.2 Å². The van der Waals surface area contributed by atoms with E-state index in [1.54, 1.807) is 49.6 Å². The summed E-state index contributed by atoms with van der Waals surface area (Å²) in [7, 11) is 3.13. The molecule has 0 saturated heterocycles. The van der Waals surface area contributed by atoms with Gasteiger partial charge in [-0.15, -0.1) is 0 Å². The van der Waals surface area contributed by atoms with Crippen molar-refractivity contribution in [2.24, 2.45) is 0 Å². The number of rotatable bonds is 7. The second kappa shape index (κ2) is 8.61. The molecule has 0 saturated carbocycles. The first-order valence-electron chi connectivity index (χ1n) is 8.18. The Kier molecular flexibility index (Phi) is 5.78. The number of methoxy groups -OCH3 is 2. The van der Waals surface area contributed by atoms with Crippen LogP contribution in [0.25, 0.3) is 11.9 Å². The Hall–Kier alpha value is -3.68. The van der Waals surface area contributed by atoms with E-state index < -0.39 is 0 Å². The Morgan fingerprint density at radius 1 is 1.22 bits per heavy atom. The van der Waals surface area contributed by atoms with Gasteiger partial charge in [0.25, 0.3) is 0 Å². The van der Waals surface area contributed by atoms with Crippen LogP contribution in [0.3, 0.4) is 0 Å². The van der Waals surface area contributed by atoms with Crippen LogP contribution in [-0.2, 0) is 11.3 Å². The average Bonchev–Trinajstić information content (AvgIpc) is 3.25. The van der Waals surface area contributed by atoms with Gasteiger partial charge in [0.2, 0.25) is 5.91 Å². The number of para-hydroxylation sites is 1. The summed E-state index contributed by atoms with van der Waals surface area (Å²) in [6, 6.07) is 9.15. The van der Waals surface area contributed by atoms with E-state index in [9.17, 15) is 4.79 Å². The molecule has 3 aromatic rings. The molecule has 0 fully saturated rings. The van der Waals surface area contributed by atoms with Gasteiger partial charge in [0.15, 0.2) is 17.3 Å². The van der Waals surface area contributed by atoms with Crippen LogP contribution in [0.2, 0.25) is 0 Å². The minimum atomic E-state index is -0.242. The molecule has 0 aliphatic carbocycles. The highest BCUT2D eigenvalue weighted by atomic mass is 16.5. The second-order valence-corrected chi connectivity index (χ2v) is 5.46. The van der Waals surface area contributed by atoms with Crippen molar-refractivity contribution in [1.29, 1.82) is 0 Å². The van der Waals surface area contributed by atoms with Gasteiger partial charge in [0.1, 0.15) is 12.7 Å². The zero-order chi connectivity index (χ0) is 19.1. The maximum Gasteiger partial charge on any atom is 0.244 e. The van der Waals surface area contributed by atoms with Gasteiger partial charge in [-0.25, -0.2) is 14.6 Å².